The summed E-state index contributed by atoms with van der Waals surface area (Å²) in [5, 5.41) is 11.5. The van der Waals surface area contributed by atoms with E-state index in [4.69, 9.17) is 0 Å². The molecule has 2 heterocycles. The summed E-state index contributed by atoms with van der Waals surface area (Å²) in [6.45, 7) is 4.83. The largest absolute Gasteiger partial charge is 0.339 e. The topological polar surface area (TPSA) is 58.1 Å². The van der Waals surface area contributed by atoms with Crippen LogP contribution in [-0.2, 0) is 6.42 Å². The Morgan fingerprint density at radius 2 is 1.85 bits per heavy atom. The number of nitrogens with one attached hydrogen (secondary N) is 1. The van der Waals surface area contributed by atoms with Crippen LogP contribution in [0.5, 0.6) is 0 Å². The SMILES string of the molecule is Cc1ccc(Nc2ccc(C(=O)N3CCc4ccccc43)nn2)cc1C. The number of amides is 1. The van der Waals surface area contributed by atoms with Crippen molar-refractivity contribution < 1.29 is 4.79 Å². The number of para-hydroxylation sites is 1. The van der Waals surface area contributed by atoms with Gasteiger partial charge in [0.2, 0.25) is 0 Å². The van der Waals surface area contributed by atoms with Gasteiger partial charge in [0.1, 0.15) is 0 Å². The highest BCUT2D eigenvalue weighted by Gasteiger charge is 2.26. The summed E-state index contributed by atoms with van der Waals surface area (Å²) in [7, 11) is 0. The number of hydrogen-bond donors (Lipinski definition) is 1. The van der Waals surface area contributed by atoms with Gasteiger partial charge in [0.15, 0.2) is 11.5 Å². The number of hydrogen-bond acceptors (Lipinski definition) is 4. The lowest BCUT2D eigenvalue weighted by Crippen LogP contribution is -2.29. The van der Waals surface area contributed by atoms with Crippen LogP contribution in [0.15, 0.2) is 54.6 Å². The average Bonchev–Trinajstić information content (AvgIpc) is 3.09. The lowest BCUT2D eigenvalue weighted by molar-refractivity contribution is 0.0983. The molecule has 1 N–H and O–H groups in total. The van der Waals surface area contributed by atoms with Crippen LogP contribution in [0.3, 0.4) is 0 Å². The van der Waals surface area contributed by atoms with Gasteiger partial charge in [-0.15, -0.1) is 10.2 Å². The summed E-state index contributed by atoms with van der Waals surface area (Å²) >= 11 is 0. The van der Waals surface area contributed by atoms with Crippen molar-refractivity contribution in [1.29, 1.82) is 0 Å². The monoisotopic (exact) mass is 344 g/mol. The Hall–Kier alpha value is -3.21. The van der Waals surface area contributed by atoms with Gasteiger partial charge in [0, 0.05) is 17.9 Å². The van der Waals surface area contributed by atoms with E-state index in [0.29, 0.717) is 18.1 Å². The third-order valence-corrected chi connectivity index (χ3v) is 4.80. The summed E-state index contributed by atoms with van der Waals surface area (Å²) in [4.78, 5) is 14.5. The van der Waals surface area contributed by atoms with Crippen LogP contribution in [0, 0.1) is 13.8 Å². The molecule has 1 aliphatic rings. The van der Waals surface area contributed by atoms with Crippen LogP contribution in [0.1, 0.15) is 27.2 Å². The zero-order valence-electron chi connectivity index (χ0n) is 14.9. The number of carbonyl (C=O) groups excluding carboxylic acids is 1. The Bertz CT molecular complexity index is 966. The second-order valence-electron chi connectivity index (χ2n) is 6.56. The van der Waals surface area contributed by atoms with Gasteiger partial charge in [0.05, 0.1) is 0 Å². The van der Waals surface area contributed by atoms with E-state index in [1.807, 2.05) is 24.3 Å². The van der Waals surface area contributed by atoms with E-state index in [-0.39, 0.29) is 5.91 Å². The number of carbonyl (C=O) groups is 1. The number of anilines is 3. The van der Waals surface area contributed by atoms with Gasteiger partial charge in [-0.1, -0.05) is 24.3 Å². The Morgan fingerprint density at radius 1 is 1.00 bits per heavy atom. The second-order valence-corrected chi connectivity index (χ2v) is 6.56. The predicted octanol–water partition coefficient (Wildman–Crippen LogP) is 4.04. The molecule has 1 aliphatic heterocycles. The van der Waals surface area contributed by atoms with Crippen LogP contribution in [0.25, 0.3) is 0 Å². The van der Waals surface area contributed by atoms with Gasteiger partial charge >= 0.3 is 0 Å². The van der Waals surface area contributed by atoms with Crippen LogP contribution < -0.4 is 10.2 Å². The first-order valence-corrected chi connectivity index (χ1v) is 8.69. The third kappa shape index (κ3) is 3.04. The number of nitrogens with zero attached hydrogens (tertiary/aromatic N) is 3. The molecule has 2 aromatic carbocycles. The smallest absolute Gasteiger partial charge is 0.278 e. The minimum absolute atomic E-state index is 0.111. The summed E-state index contributed by atoms with van der Waals surface area (Å²) in [5.41, 5.74) is 5.93. The molecular weight excluding hydrogens is 324 g/mol. The van der Waals surface area contributed by atoms with Crippen LogP contribution in [-0.4, -0.2) is 22.6 Å². The maximum Gasteiger partial charge on any atom is 0.278 e. The second kappa shape index (κ2) is 6.59. The first-order valence-electron chi connectivity index (χ1n) is 8.69. The molecule has 0 atom stereocenters. The fourth-order valence-electron chi connectivity index (χ4n) is 3.17. The number of fused-ring (bicyclic) bond motifs is 1. The van der Waals surface area contributed by atoms with Crippen LogP contribution >= 0.6 is 0 Å². The van der Waals surface area contributed by atoms with Crippen molar-refractivity contribution in [3.05, 3.63) is 77.0 Å². The third-order valence-electron chi connectivity index (χ3n) is 4.80. The summed E-state index contributed by atoms with van der Waals surface area (Å²) in [5.74, 6) is 0.506. The van der Waals surface area contributed by atoms with Crippen molar-refractivity contribution >= 4 is 23.1 Å². The molecule has 0 spiro atoms. The predicted molar refractivity (Wildman–Crippen MR) is 103 cm³/mol. The van der Waals surface area contributed by atoms with E-state index < -0.39 is 0 Å². The standard InChI is InChI=1S/C21H20N4O/c1-14-7-8-17(13-15(14)2)22-20-10-9-18(23-24-20)21(26)25-12-11-16-5-3-4-6-19(16)25/h3-10,13H,11-12H2,1-2H3,(H,22,24). The normalized spacial score (nSPS) is 12.8. The van der Waals surface area contributed by atoms with Crippen LogP contribution in [0.4, 0.5) is 17.2 Å². The summed E-state index contributed by atoms with van der Waals surface area (Å²) in [6, 6.07) is 17.6. The fourth-order valence-corrected chi connectivity index (χ4v) is 3.17. The van der Waals surface area contributed by atoms with Gasteiger partial charge < -0.3 is 10.2 Å². The first kappa shape index (κ1) is 16.3. The molecular formula is C21H20N4O. The van der Waals surface area contributed by atoms with Gasteiger partial charge in [-0.3, -0.25) is 4.79 Å². The quantitative estimate of drug-likeness (QED) is 0.779. The van der Waals surface area contributed by atoms with Crippen molar-refractivity contribution in [3.63, 3.8) is 0 Å². The average molecular weight is 344 g/mol. The van der Waals surface area contributed by atoms with Gasteiger partial charge in [0.25, 0.3) is 5.91 Å². The van der Waals surface area contributed by atoms with E-state index in [2.05, 4.69) is 47.6 Å². The van der Waals surface area contributed by atoms with E-state index in [1.54, 1.807) is 17.0 Å². The molecule has 5 nitrogen and oxygen atoms in total. The van der Waals surface area contributed by atoms with Crippen molar-refractivity contribution in [2.75, 3.05) is 16.8 Å². The molecule has 26 heavy (non-hydrogen) atoms. The van der Waals surface area contributed by atoms with Crippen LogP contribution in [0.2, 0.25) is 0 Å². The van der Waals surface area contributed by atoms with E-state index >= 15 is 0 Å². The molecule has 0 fully saturated rings. The number of aryl methyl sites for hydroxylation is 2. The minimum Gasteiger partial charge on any atom is -0.339 e. The number of aromatic nitrogens is 2. The maximum absolute atomic E-state index is 12.8. The first-order chi connectivity index (χ1) is 12.6. The highest BCUT2D eigenvalue weighted by Crippen LogP contribution is 2.28. The lowest BCUT2D eigenvalue weighted by atomic mass is 10.1. The van der Waals surface area contributed by atoms with Gasteiger partial charge in [-0.2, -0.15) is 0 Å². The Labute approximate surface area is 152 Å². The molecule has 1 aromatic heterocycles. The molecule has 5 heteroatoms. The van der Waals surface area contributed by atoms with Crippen molar-refractivity contribution in [1.82, 2.24) is 10.2 Å². The number of benzene rings is 2. The van der Waals surface area contributed by atoms with Crippen molar-refractivity contribution in [2.45, 2.75) is 20.3 Å². The summed E-state index contributed by atoms with van der Waals surface area (Å²) < 4.78 is 0. The zero-order valence-corrected chi connectivity index (χ0v) is 14.9. The molecule has 3 aromatic rings. The van der Waals surface area contributed by atoms with Gasteiger partial charge in [-0.25, -0.2) is 0 Å². The maximum atomic E-state index is 12.8. The Balaban J connectivity index is 1.51. The molecule has 0 saturated heterocycles. The van der Waals surface area contributed by atoms with Crippen molar-refractivity contribution in [2.24, 2.45) is 0 Å². The number of rotatable bonds is 3. The van der Waals surface area contributed by atoms with E-state index in [1.165, 1.54) is 16.7 Å². The highest BCUT2D eigenvalue weighted by molar-refractivity contribution is 6.06. The molecule has 0 unspecified atom stereocenters. The van der Waals surface area contributed by atoms with E-state index in [9.17, 15) is 4.79 Å². The molecule has 130 valence electrons. The molecule has 0 saturated carbocycles. The fraction of sp³-hybridized carbons (Fsp3) is 0.190. The Kier molecular flexibility index (Phi) is 4.13. The molecule has 1 amide bonds. The van der Waals surface area contributed by atoms with Crippen molar-refractivity contribution in [3.8, 4) is 0 Å². The van der Waals surface area contributed by atoms with Gasteiger partial charge in [-0.05, 0) is 67.3 Å². The lowest BCUT2D eigenvalue weighted by Gasteiger charge is -2.16. The minimum atomic E-state index is -0.111. The molecule has 0 aliphatic carbocycles. The molecule has 0 bridgehead atoms. The Morgan fingerprint density at radius 3 is 2.62 bits per heavy atom. The molecule has 0 radical (unpaired) electrons. The molecule has 4 rings (SSSR count). The summed E-state index contributed by atoms with van der Waals surface area (Å²) in [6.07, 6.45) is 0.877. The highest BCUT2D eigenvalue weighted by atomic mass is 16.2. The zero-order chi connectivity index (χ0) is 18.1. The van der Waals surface area contributed by atoms with E-state index in [0.717, 1.165) is 17.8 Å².